The van der Waals surface area contributed by atoms with Crippen molar-refractivity contribution in [3.63, 3.8) is 0 Å². The van der Waals surface area contributed by atoms with E-state index in [9.17, 15) is 15.2 Å². The van der Waals surface area contributed by atoms with E-state index in [1.807, 2.05) is 30.3 Å². The molecule has 1 aliphatic carbocycles. The number of allylic oxidation sites excluding steroid dienone is 2. The SMILES string of the molecule is CC1(C)CN=C(NC(=O)C2=C(c3ccccc3)C(C#N)=CCC2(C)O)NC1. The number of carbonyl (C=O) groups is 1. The molecule has 27 heavy (non-hydrogen) atoms. The largest absolute Gasteiger partial charge is 0.385 e. The van der Waals surface area contributed by atoms with Gasteiger partial charge in [0.05, 0.1) is 22.8 Å². The van der Waals surface area contributed by atoms with Gasteiger partial charge in [0.1, 0.15) is 0 Å². The summed E-state index contributed by atoms with van der Waals surface area (Å²) in [6.45, 7) is 7.06. The van der Waals surface area contributed by atoms with Gasteiger partial charge in [-0.25, -0.2) is 0 Å². The van der Waals surface area contributed by atoms with Gasteiger partial charge in [-0.2, -0.15) is 5.26 Å². The van der Waals surface area contributed by atoms with Crippen LogP contribution in [0.25, 0.3) is 5.57 Å². The Balaban J connectivity index is 2.03. The molecule has 0 fully saturated rings. The molecule has 140 valence electrons. The minimum Gasteiger partial charge on any atom is -0.385 e. The van der Waals surface area contributed by atoms with Crippen molar-refractivity contribution >= 4 is 17.4 Å². The van der Waals surface area contributed by atoms with Crippen molar-refractivity contribution in [2.45, 2.75) is 32.8 Å². The van der Waals surface area contributed by atoms with Crippen molar-refractivity contribution in [2.24, 2.45) is 10.4 Å². The molecule has 3 rings (SSSR count). The molecule has 2 aliphatic rings. The number of hydrogen-bond donors (Lipinski definition) is 3. The van der Waals surface area contributed by atoms with Gasteiger partial charge >= 0.3 is 0 Å². The van der Waals surface area contributed by atoms with Crippen LogP contribution in [0.4, 0.5) is 0 Å². The summed E-state index contributed by atoms with van der Waals surface area (Å²) in [7, 11) is 0. The zero-order chi connectivity index (χ0) is 19.7. The van der Waals surface area contributed by atoms with Crippen LogP contribution in [0.2, 0.25) is 0 Å². The monoisotopic (exact) mass is 364 g/mol. The quantitative estimate of drug-likeness (QED) is 0.749. The van der Waals surface area contributed by atoms with Gasteiger partial charge in [0, 0.05) is 24.1 Å². The number of benzene rings is 1. The lowest BCUT2D eigenvalue weighted by molar-refractivity contribution is -0.118. The highest BCUT2D eigenvalue weighted by molar-refractivity contribution is 6.13. The summed E-state index contributed by atoms with van der Waals surface area (Å²) >= 11 is 0. The molecule has 0 saturated carbocycles. The molecule has 0 radical (unpaired) electrons. The Morgan fingerprint density at radius 2 is 2.00 bits per heavy atom. The number of amides is 1. The topological polar surface area (TPSA) is 97.5 Å². The summed E-state index contributed by atoms with van der Waals surface area (Å²) < 4.78 is 0. The summed E-state index contributed by atoms with van der Waals surface area (Å²) in [6, 6.07) is 11.4. The second kappa shape index (κ2) is 7.01. The van der Waals surface area contributed by atoms with Crippen molar-refractivity contribution in [3.8, 4) is 6.07 Å². The molecule has 1 aromatic carbocycles. The standard InChI is InChI=1S/C21H24N4O2/c1-20(2)12-23-19(24-13-20)25-18(26)17-16(14-7-5-4-6-8-14)15(11-22)9-10-21(17,3)27/h4-9,27H,10,12-13H2,1-3H3,(H2,23,24,25,26). The van der Waals surface area contributed by atoms with Crippen LogP contribution in [0, 0.1) is 16.7 Å². The normalized spacial score (nSPS) is 24.3. The Morgan fingerprint density at radius 3 is 2.59 bits per heavy atom. The van der Waals surface area contributed by atoms with Crippen LogP contribution in [-0.4, -0.2) is 35.7 Å². The molecule has 3 N–H and O–H groups in total. The fourth-order valence-corrected chi connectivity index (χ4v) is 3.25. The fraction of sp³-hybridized carbons (Fsp3) is 0.381. The summed E-state index contributed by atoms with van der Waals surface area (Å²) in [5.74, 6) is -0.0613. The Labute approximate surface area is 159 Å². The molecule has 1 atom stereocenters. The van der Waals surface area contributed by atoms with Gasteiger partial charge in [0.15, 0.2) is 5.96 Å². The van der Waals surface area contributed by atoms with Crippen LogP contribution < -0.4 is 10.6 Å². The van der Waals surface area contributed by atoms with Gasteiger partial charge in [-0.15, -0.1) is 0 Å². The van der Waals surface area contributed by atoms with Crippen molar-refractivity contribution in [1.29, 1.82) is 5.26 Å². The highest BCUT2D eigenvalue weighted by Gasteiger charge is 2.38. The maximum Gasteiger partial charge on any atom is 0.257 e. The molecule has 0 bridgehead atoms. The first-order chi connectivity index (χ1) is 12.7. The van der Waals surface area contributed by atoms with Crippen molar-refractivity contribution in [1.82, 2.24) is 10.6 Å². The van der Waals surface area contributed by atoms with E-state index in [-0.39, 0.29) is 17.4 Å². The number of nitrogens with one attached hydrogen (secondary N) is 2. The van der Waals surface area contributed by atoms with Crippen molar-refractivity contribution in [2.75, 3.05) is 13.1 Å². The maximum absolute atomic E-state index is 13.1. The smallest absolute Gasteiger partial charge is 0.257 e. The van der Waals surface area contributed by atoms with Gasteiger partial charge in [0.25, 0.3) is 5.91 Å². The summed E-state index contributed by atoms with van der Waals surface area (Å²) in [5.41, 5.74) is 0.387. The second-order valence-electron chi connectivity index (χ2n) is 7.96. The fourth-order valence-electron chi connectivity index (χ4n) is 3.25. The molecule has 6 heteroatoms. The Bertz CT molecular complexity index is 887. The Kier molecular flexibility index (Phi) is 4.90. The Morgan fingerprint density at radius 1 is 1.30 bits per heavy atom. The van der Waals surface area contributed by atoms with Gasteiger partial charge in [-0.05, 0) is 18.9 Å². The first-order valence-electron chi connectivity index (χ1n) is 8.96. The number of nitriles is 1. The van der Waals surface area contributed by atoms with Crippen molar-refractivity contribution < 1.29 is 9.90 Å². The molecular weight excluding hydrogens is 340 g/mol. The number of aliphatic hydroxyl groups is 1. The first-order valence-corrected chi connectivity index (χ1v) is 8.96. The number of guanidine groups is 1. The second-order valence-corrected chi connectivity index (χ2v) is 7.96. The lowest BCUT2D eigenvalue weighted by Gasteiger charge is -2.33. The minimum atomic E-state index is -1.38. The van der Waals surface area contributed by atoms with Crippen LogP contribution in [-0.2, 0) is 4.79 Å². The molecule has 1 aromatic rings. The van der Waals surface area contributed by atoms with Crippen LogP contribution >= 0.6 is 0 Å². The maximum atomic E-state index is 13.1. The third-order valence-electron chi connectivity index (χ3n) is 4.80. The van der Waals surface area contributed by atoms with Crippen LogP contribution in [0.15, 0.2) is 52.5 Å². The summed E-state index contributed by atoms with van der Waals surface area (Å²) in [5, 5.41) is 26.4. The van der Waals surface area contributed by atoms with Crippen LogP contribution in [0.3, 0.4) is 0 Å². The highest BCUT2D eigenvalue weighted by atomic mass is 16.3. The molecule has 1 unspecified atom stereocenters. The molecular formula is C21H24N4O2. The zero-order valence-corrected chi connectivity index (χ0v) is 15.8. The average molecular weight is 364 g/mol. The predicted molar refractivity (Wildman–Crippen MR) is 105 cm³/mol. The number of hydrogen-bond acceptors (Lipinski definition) is 5. The lowest BCUT2D eigenvalue weighted by Crippen LogP contribution is -2.51. The number of carbonyl (C=O) groups excluding carboxylic acids is 1. The van der Waals surface area contributed by atoms with E-state index in [1.54, 1.807) is 13.0 Å². The summed E-state index contributed by atoms with van der Waals surface area (Å²) in [6.07, 6.45) is 1.87. The third kappa shape index (κ3) is 3.93. The highest BCUT2D eigenvalue weighted by Crippen LogP contribution is 2.38. The number of aliphatic imine (C=N–C) groups is 1. The van der Waals surface area contributed by atoms with Gasteiger partial charge < -0.3 is 10.4 Å². The third-order valence-corrected chi connectivity index (χ3v) is 4.80. The van der Waals surface area contributed by atoms with E-state index in [2.05, 4.69) is 35.5 Å². The van der Waals surface area contributed by atoms with Gasteiger partial charge in [-0.1, -0.05) is 50.3 Å². The molecule has 6 nitrogen and oxygen atoms in total. The lowest BCUT2D eigenvalue weighted by atomic mass is 9.78. The Hall–Kier alpha value is -2.91. The van der Waals surface area contributed by atoms with E-state index < -0.39 is 11.5 Å². The predicted octanol–water partition coefficient (Wildman–Crippen LogP) is 2.15. The molecule has 0 spiro atoms. The average Bonchev–Trinajstić information content (AvgIpc) is 2.63. The number of nitrogens with zero attached hydrogens (tertiary/aromatic N) is 2. The molecule has 1 amide bonds. The summed E-state index contributed by atoms with van der Waals surface area (Å²) in [4.78, 5) is 17.5. The number of rotatable bonds is 2. The van der Waals surface area contributed by atoms with Crippen LogP contribution in [0.5, 0.6) is 0 Å². The zero-order valence-electron chi connectivity index (χ0n) is 15.8. The molecule has 1 heterocycles. The van der Waals surface area contributed by atoms with E-state index in [0.717, 1.165) is 5.56 Å². The van der Waals surface area contributed by atoms with E-state index in [1.165, 1.54) is 0 Å². The van der Waals surface area contributed by atoms with E-state index in [4.69, 9.17) is 0 Å². The van der Waals surface area contributed by atoms with Gasteiger partial charge in [0.2, 0.25) is 0 Å². The van der Waals surface area contributed by atoms with Gasteiger partial charge in [-0.3, -0.25) is 15.1 Å². The van der Waals surface area contributed by atoms with Crippen LogP contribution in [0.1, 0.15) is 32.8 Å². The minimum absolute atomic E-state index is 0.0236. The van der Waals surface area contributed by atoms with Crippen molar-refractivity contribution in [3.05, 3.63) is 53.1 Å². The first kappa shape index (κ1) is 18.9. The van der Waals surface area contributed by atoms with E-state index in [0.29, 0.717) is 30.2 Å². The molecule has 0 saturated heterocycles. The molecule has 1 aliphatic heterocycles. The van der Waals surface area contributed by atoms with E-state index >= 15 is 0 Å². The molecule has 0 aromatic heterocycles.